The van der Waals surface area contributed by atoms with Gasteiger partial charge in [0, 0.05) is 36.4 Å². The molecule has 0 aromatic heterocycles. The van der Waals surface area contributed by atoms with E-state index in [0.29, 0.717) is 10.0 Å². The third-order valence-electron chi connectivity index (χ3n) is 1.72. The van der Waals surface area contributed by atoms with E-state index in [9.17, 15) is 9.18 Å². The van der Waals surface area contributed by atoms with Crippen LogP contribution in [0.25, 0.3) is 0 Å². The van der Waals surface area contributed by atoms with E-state index in [1.54, 1.807) is 11.1 Å². The molecule has 0 aliphatic rings. The summed E-state index contributed by atoms with van der Waals surface area (Å²) in [6, 6.07) is 4.04. The Morgan fingerprint density at radius 1 is 1.47 bits per heavy atom. The minimum Gasteiger partial charge on any atom is -0.383 e. The number of carbonyl (C=O) groups is 1. The Hall–Kier alpha value is -1.16. The molecule has 1 aromatic rings. The number of halogens is 2. The summed E-state index contributed by atoms with van der Waals surface area (Å²) in [5.41, 5.74) is 0.327. The first-order valence-electron chi connectivity index (χ1n) is 4.34. The van der Waals surface area contributed by atoms with Crippen LogP contribution in [0.1, 0.15) is 10.4 Å². The Morgan fingerprint density at radius 2 is 2.13 bits per heavy atom. The van der Waals surface area contributed by atoms with Gasteiger partial charge in [-0.05, 0) is 18.2 Å². The van der Waals surface area contributed by atoms with E-state index in [-0.39, 0.29) is 5.78 Å². The van der Waals surface area contributed by atoms with Crippen LogP contribution in [-0.2, 0) is 0 Å². The number of carbonyl (C=O) groups excluding carboxylic acids is 1. The maximum Gasteiger partial charge on any atom is 0.188 e. The minimum atomic E-state index is -0.417. The van der Waals surface area contributed by atoms with Crippen molar-refractivity contribution in [2.75, 3.05) is 14.1 Å². The van der Waals surface area contributed by atoms with Gasteiger partial charge in [0.1, 0.15) is 5.82 Å². The van der Waals surface area contributed by atoms with Crippen molar-refractivity contribution in [3.63, 3.8) is 0 Å². The number of allylic oxidation sites excluding steroid dienone is 1. The van der Waals surface area contributed by atoms with Crippen LogP contribution in [0.5, 0.6) is 0 Å². The molecule has 0 fully saturated rings. The van der Waals surface area contributed by atoms with E-state index < -0.39 is 5.82 Å². The molecule has 1 aromatic carbocycles. The monoisotopic (exact) mass is 271 g/mol. The van der Waals surface area contributed by atoms with Crippen LogP contribution >= 0.6 is 15.9 Å². The first kappa shape index (κ1) is 11.9. The number of ketones is 1. The van der Waals surface area contributed by atoms with E-state index >= 15 is 0 Å². The van der Waals surface area contributed by atoms with E-state index in [1.807, 2.05) is 14.1 Å². The van der Waals surface area contributed by atoms with Crippen LogP contribution in [0.4, 0.5) is 4.39 Å². The second-order valence-corrected chi connectivity index (χ2v) is 4.12. The number of hydrogen-bond acceptors (Lipinski definition) is 2. The molecule has 0 aliphatic carbocycles. The molecule has 0 aliphatic heterocycles. The molecular formula is C11H11BrFNO. The van der Waals surface area contributed by atoms with Gasteiger partial charge in [0.25, 0.3) is 0 Å². The fourth-order valence-electron chi connectivity index (χ4n) is 0.993. The zero-order valence-electron chi connectivity index (χ0n) is 8.50. The van der Waals surface area contributed by atoms with Crippen molar-refractivity contribution in [2.45, 2.75) is 0 Å². The molecular weight excluding hydrogens is 261 g/mol. The van der Waals surface area contributed by atoms with E-state index in [2.05, 4.69) is 15.9 Å². The normalized spacial score (nSPS) is 10.7. The lowest BCUT2D eigenvalue weighted by Crippen LogP contribution is -2.03. The zero-order chi connectivity index (χ0) is 11.4. The van der Waals surface area contributed by atoms with Crippen LogP contribution in [0, 0.1) is 5.82 Å². The Bertz CT molecular complexity index is 402. The average molecular weight is 272 g/mol. The molecule has 0 amide bonds. The first-order valence-corrected chi connectivity index (χ1v) is 5.14. The van der Waals surface area contributed by atoms with E-state index in [0.717, 1.165) is 0 Å². The molecule has 2 nitrogen and oxygen atoms in total. The summed E-state index contributed by atoms with van der Waals surface area (Å²) in [6.07, 6.45) is 3.03. The van der Waals surface area contributed by atoms with Crippen molar-refractivity contribution >= 4 is 21.7 Å². The van der Waals surface area contributed by atoms with Gasteiger partial charge in [-0.25, -0.2) is 4.39 Å². The Labute approximate surface area is 96.5 Å². The summed E-state index contributed by atoms with van der Waals surface area (Å²) < 4.78 is 13.5. The number of benzene rings is 1. The van der Waals surface area contributed by atoms with Gasteiger partial charge in [-0.2, -0.15) is 0 Å². The zero-order valence-corrected chi connectivity index (χ0v) is 10.1. The lowest BCUT2D eigenvalue weighted by Gasteiger charge is -2.04. The van der Waals surface area contributed by atoms with Gasteiger partial charge in [-0.15, -0.1) is 0 Å². The Balaban J connectivity index is 2.96. The number of nitrogens with zero attached hydrogens (tertiary/aromatic N) is 1. The smallest absolute Gasteiger partial charge is 0.188 e. The number of hydrogen-bond donors (Lipinski definition) is 0. The SMILES string of the molecule is CN(C)C=CC(=O)c1cc(F)ccc1Br. The average Bonchev–Trinajstić information content (AvgIpc) is 2.18. The van der Waals surface area contributed by atoms with Gasteiger partial charge >= 0.3 is 0 Å². The molecule has 0 N–H and O–H groups in total. The van der Waals surface area contributed by atoms with Gasteiger partial charge in [-0.3, -0.25) is 4.79 Å². The highest BCUT2D eigenvalue weighted by Crippen LogP contribution is 2.18. The van der Waals surface area contributed by atoms with Gasteiger partial charge in [0.2, 0.25) is 0 Å². The van der Waals surface area contributed by atoms with E-state index in [1.165, 1.54) is 24.3 Å². The summed E-state index contributed by atoms with van der Waals surface area (Å²) in [5.74, 6) is -0.644. The summed E-state index contributed by atoms with van der Waals surface area (Å²) in [4.78, 5) is 13.4. The predicted molar refractivity (Wildman–Crippen MR) is 61.3 cm³/mol. The highest BCUT2D eigenvalue weighted by molar-refractivity contribution is 9.10. The van der Waals surface area contributed by atoms with Gasteiger partial charge in [-0.1, -0.05) is 15.9 Å². The van der Waals surface area contributed by atoms with Crippen LogP contribution in [0.3, 0.4) is 0 Å². The molecule has 0 heterocycles. The van der Waals surface area contributed by atoms with Crippen molar-refractivity contribution in [1.29, 1.82) is 0 Å². The van der Waals surface area contributed by atoms with Gasteiger partial charge in [0.05, 0.1) is 0 Å². The fourth-order valence-corrected chi connectivity index (χ4v) is 1.43. The molecule has 1 rings (SSSR count). The maximum absolute atomic E-state index is 12.9. The molecule has 4 heteroatoms. The number of rotatable bonds is 3. The highest BCUT2D eigenvalue weighted by Gasteiger charge is 2.07. The molecule has 0 saturated heterocycles. The summed E-state index contributed by atoms with van der Waals surface area (Å²) in [6.45, 7) is 0. The molecule has 0 saturated carbocycles. The summed E-state index contributed by atoms with van der Waals surface area (Å²) in [5, 5.41) is 0. The highest BCUT2D eigenvalue weighted by atomic mass is 79.9. The lowest BCUT2D eigenvalue weighted by molar-refractivity contribution is 0.104. The minimum absolute atomic E-state index is 0.227. The Kier molecular flexibility index (Phi) is 4.03. The van der Waals surface area contributed by atoms with Crippen LogP contribution in [0.2, 0.25) is 0 Å². The quantitative estimate of drug-likeness (QED) is 0.623. The molecule has 15 heavy (non-hydrogen) atoms. The molecule has 0 radical (unpaired) electrons. The second kappa shape index (κ2) is 5.07. The predicted octanol–water partition coefficient (Wildman–Crippen LogP) is 2.85. The largest absolute Gasteiger partial charge is 0.383 e. The van der Waals surface area contributed by atoms with Crippen molar-refractivity contribution in [1.82, 2.24) is 4.90 Å². The van der Waals surface area contributed by atoms with Crippen LogP contribution in [-0.4, -0.2) is 24.8 Å². The van der Waals surface area contributed by atoms with Gasteiger partial charge < -0.3 is 4.90 Å². The van der Waals surface area contributed by atoms with Crippen molar-refractivity contribution in [3.05, 3.63) is 46.3 Å². The second-order valence-electron chi connectivity index (χ2n) is 3.27. The molecule has 0 unspecified atom stereocenters. The fraction of sp³-hybridized carbons (Fsp3) is 0.182. The van der Waals surface area contributed by atoms with Crippen molar-refractivity contribution < 1.29 is 9.18 Å². The summed E-state index contributed by atoms with van der Waals surface area (Å²) in [7, 11) is 3.62. The lowest BCUT2D eigenvalue weighted by atomic mass is 10.1. The third kappa shape index (κ3) is 3.47. The topological polar surface area (TPSA) is 20.3 Å². The van der Waals surface area contributed by atoms with Gasteiger partial charge in [0.15, 0.2) is 5.78 Å². The van der Waals surface area contributed by atoms with Crippen molar-refractivity contribution in [3.8, 4) is 0 Å². The molecule has 0 spiro atoms. The van der Waals surface area contributed by atoms with Crippen LogP contribution < -0.4 is 0 Å². The maximum atomic E-state index is 12.9. The standard InChI is InChI=1S/C11H11BrFNO/c1-14(2)6-5-11(15)9-7-8(13)3-4-10(9)12/h3-7H,1-2H3. The molecule has 80 valence electrons. The van der Waals surface area contributed by atoms with Crippen LogP contribution in [0.15, 0.2) is 34.9 Å². The third-order valence-corrected chi connectivity index (χ3v) is 2.41. The molecule has 0 atom stereocenters. The molecule has 0 bridgehead atoms. The van der Waals surface area contributed by atoms with E-state index in [4.69, 9.17) is 0 Å². The van der Waals surface area contributed by atoms with Crippen molar-refractivity contribution in [2.24, 2.45) is 0 Å². The summed E-state index contributed by atoms with van der Waals surface area (Å²) >= 11 is 3.20. The first-order chi connectivity index (χ1) is 7.00. The Morgan fingerprint density at radius 3 is 2.73 bits per heavy atom.